The molecule has 0 aromatic heterocycles. The highest BCUT2D eigenvalue weighted by Gasteiger charge is 2.18. The minimum absolute atomic E-state index is 0.118. The molecule has 5 heteroatoms. The summed E-state index contributed by atoms with van der Waals surface area (Å²) in [5.41, 5.74) is 5.75. The Hall–Kier alpha value is -1.10. The highest BCUT2D eigenvalue weighted by atomic mass is 16.4. The molecule has 19 heavy (non-hydrogen) atoms. The molecule has 2 atom stereocenters. The quantitative estimate of drug-likeness (QED) is 0.594. The molecule has 0 heterocycles. The van der Waals surface area contributed by atoms with Gasteiger partial charge in [0.25, 0.3) is 0 Å². The summed E-state index contributed by atoms with van der Waals surface area (Å²) in [6.45, 7) is 8.53. The van der Waals surface area contributed by atoms with Crippen LogP contribution < -0.4 is 11.1 Å². The van der Waals surface area contributed by atoms with Crippen molar-refractivity contribution in [3.63, 3.8) is 0 Å². The maximum atomic E-state index is 11.7. The number of amides is 1. The Bertz CT molecular complexity index is 290. The van der Waals surface area contributed by atoms with Crippen molar-refractivity contribution >= 4 is 11.9 Å². The normalized spacial score (nSPS) is 14.5. The molecular formula is C14H28N2O3. The molecule has 112 valence electrons. The highest BCUT2D eigenvalue weighted by Crippen LogP contribution is 2.20. The van der Waals surface area contributed by atoms with Crippen molar-refractivity contribution in [2.45, 2.75) is 53.0 Å². The van der Waals surface area contributed by atoms with Crippen LogP contribution in [0.1, 0.15) is 47.0 Å². The van der Waals surface area contributed by atoms with Crippen molar-refractivity contribution in [3.8, 4) is 0 Å². The summed E-state index contributed by atoms with van der Waals surface area (Å²) < 4.78 is 0. The summed E-state index contributed by atoms with van der Waals surface area (Å²) in [5, 5.41) is 11.5. The molecule has 0 rings (SSSR count). The Morgan fingerprint density at radius 3 is 2.11 bits per heavy atom. The molecular weight excluding hydrogens is 244 g/mol. The number of carbonyl (C=O) groups is 2. The maximum absolute atomic E-state index is 11.7. The SMILES string of the molecule is CC(C)C(CCNC(=O)C(N)C(C)C)CCC(=O)O. The fourth-order valence-electron chi connectivity index (χ4n) is 1.92. The molecule has 0 radical (unpaired) electrons. The van der Waals surface area contributed by atoms with Crippen molar-refractivity contribution in [2.24, 2.45) is 23.5 Å². The minimum Gasteiger partial charge on any atom is -0.481 e. The predicted octanol–water partition coefficient (Wildman–Crippen LogP) is 1.61. The second kappa shape index (κ2) is 8.91. The lowest BCUT2D eigenvalue weighted by Crippen LogP contribution is -2.44. The van der Waals surface area contributed by atoms with Gasteiger partial charge < -0.3 is 16.2 Å². The Balaban J connectivity index is 4.06. The first-order valence-electron chi connectivity index (χ1n) is 7.00. The Labute approximate surface area is 115 Å². The van der Waals surface area contributed by atoms with Crippen LogP contribution in [0.15, 0.2) is 0 Å². The molecule has 2 unspecified atom stereocenters. The van der Waals surface area contributed by atoms with E-state index >= 15 is 0 Å². The van der Waals surface area contributed by atoms with Crippen LogP contribution in [0.3, 0.4) is 0 Å². The van der Waals surface area contributed by atoms with Crippen LogP contribution in [0.25, 0.3) is 0 Å². The number of carboxylic acids is 1. The average Bonchev–Trinajstić information content (AvgIpc) is 2.31. The largest absolute Gasteiger partial charge is 0.481 e. The van der Waals surface area contributed by atoms with E-state index in [1.807, 2.05) is 13.8 Å². The van der Waals surface area contributed by atoms with Gasteiger partial charge in [-0.05, 0) is 30.6 Å². The van der Waals surface area contributed by atoms with Crippen LogP contribution in [0.2, 0.25) is 0 Å². The summed E-state index contributed by atoms with van der Waals surface area (Å²) >= 11 is 0. The zero-order valence-corrected chi connectivity index (χ0v) is 12.5. The molecule has 0 fully saturated rings. The fourth-order valence-corrected chi connectivity index (χ4v) is 1.92. The van der Waals surface area contributed by atoms with E-state index < -0.39 is 12.0 Å². The fraction of sp³-hybridized carbons (Fsp3) is 0.857. The second-order valence-electron chi connectivity index (χ2n) is 5.79. The van der Waals surface area contributed by atoms with Gasteiger partial charge >= 0.3 is 5.97 Å². The van der Waals surface area contributed by atoms with Gasteiger partial charge in [0.1, 0.15) is 0 Å². The second-order valence-corrected chi connectivity index (χ2v) is 5.79. The monoisotopic (exact) mass is 272 g/mol. The number of nitrogens with one attached hydrogen (secondary N) is 1. The number of aliphatic carboxylic acids is 1. The number of nitrogens with two attached hydrogens (primary N) is 1. The van der Waals surface area contributed by atoms with Crippen LogP contribution in [-0.2, 0) is 9.59 Å². The first-order chi connectivity index (χ1) is 8.75. The third-order valence-corrected chi connectivity index (χ3v) is 3.51. The van der Waals surface area contributed by atoms with Crippen LogP contribution in [0.4, 0.5) is 0 Å². The third kappa shape index (κ3) is 7.82. The summed E-state index contributed by atoms with van der Waals surface area (Å²) in [6.07, 6.45) is 1.63. The van der Waals surface area contributed by atoms with E-state index in [4.69, 9.17) is 10.8 Å². The van der Waals surface area contributed by atoms with E-state index in [1.165, 1.54) is 0 Å². The Morgan fingerprint density at radius 1 is 1.11 bits per heavy atom. The van der Waals surface area contributed by atoms with Crippen molar-refractivity contribution in [2.75, 3.05) is 6.54 Å². The van der Waals surface area contributed by atoms with Gasteiger partial charge in [0.2, 0.25) is 5.91 Å². The molecule has 0 spiro atoms. The van der Waals surface area contributed by atoms with Gasteiger partial charge in [0, 0.05) is 13.0 Å². The van der Waals surface area contributed by atoms with Crippen LogP contribution in [-0.4, -0.2) is 29.6 Å². The molecule has 5 nitrogen and oxygen atoms in total. The van der Waals surface area contributed by atoms with E-state index in [0.29, 0.717) is 24.8 Å². The number of hydrogen-bond acceptors (Lipinski definition) is 3. The third-order valence-electron chi connectivity index (χ3n) is 3.51. The summed E-state index contributed by atoms with van der Waals surface area (Å²) in [7, 11) is 0. The number of hydrogen-bond donors (Lipinski definition) is 3. The average molecular weight is 272 g/mol. The highest BCUT2D eigenvalue weighted by molar-refractivity contribution is 5.81. The van der Waals surface area contributed by atoms with E-state index in [-0.39, 0.29) is 18.2 Å². The molecule has 0 saturated carbocycles. The summed E-state index contributed by atoms with van der Waals surface area (Å²) in [4.78, 5) is 22.3. The minimum atomic E-state index is -0.767. The predicted molar refractivity (Wildman–Crippen MR) is 75.6 cm³/mol. The van der Waals surface area contributed by atoms with Gasteiger partial charge in [0.15, 0.2) is 0 Å². The smallest absolute Gasteiger partial charge is 0.303 e. The lowest BCUT2D eigenvalue weighted by Gasteiger charge is -2.21. The van der Waals surface area contributed by atoms with E-state index in [2.05, 4.69) is 19.2 Å². The molecule has 0 aromatic carbocycles. The van der Waals surface area contributed by atoms with Crippen LogP contribution in [0, 0.1) is 17.8 Å². The first kappa shape index (κ1) is 17.9. The van der Waals surface area contributed by atoms with E-state index in [9.17, 15) is 9.59 Å². The maximum Gasteiger partial charge on any atom is 0.303 e. The molecule has 0 bridgehead atoms. The summed E-state index contributed by atoms with van der Waals surface area (Å²) in [5.74, 6) is -0.0538. The number of carboxylic acid groups (broad SMARTS) is 1. The van der Waals surface area contributed by atoms with Gasteiger partial charge in [-0.2, -0.15) is 0 Å². The molecule has 4 N–H and O–H groups in total. The van der Waals surface area contributed by atoms with Crippen molar-refractivity contribution < 1.29 is 14.7 Å². The lowest BCUT2D eigenvalue weighted by molar-refractivity contribution is -0.137. The molecule has 0 aliphatic heterocycles. The molecule has 0 aliphatic carbocycles. The van der Waals surface area contributed by atoms with Crippen molar-refractivity contribution in [3.05, 3.63) is 0 Å². The van der Waals surface area contributed by atoms with E-state index in [0.717, 1.165) is 6.42 Å². The van der Waals surface area contributed by atoms with Crippen LogP contribution in [0.5, 0.6) is 0 Å². The molecule has 0 aromatic rings. The van der Waals surface area contributed by atoms with Crippen molar-refractivity contribution in [1.29, 1.82) is 0 Å². The Kier molecular flexibility index (Phi) is 8.39. The molecule has 1 amide bonds. The molecule has 0 aliphatic rings. The van der Waals surface area contributed by atoms with Gasteiger partial charge in [-0.25, -0.2) is 0 Å². The molecule has 0 saturated heterocycles. The number of carbonyl (C=O) groups excluding carboxylic acids is 1. The lowest BCUT2D eigenvalue weighted by atomic mass is 9.88. The van der Waals surface area contributed by atoms with E-state index in [1.54, 1.807) is 0 Å². The first-order valence-corrected chi connectivity index (χ1v) is 7.00. The zero-order valence-electron chi connectivity index (χ0n) is 12.5. The summed E-state index contributed by atoms with van der Waals surface area (Å²) in [6, 6.07) is -0.475. The van der Waals surface area contributed by atoms with Crippen molar-refractivity contribution in [1.82, 2.24) is 5.32 Å². The van der Waals surface area contributed by atoms with Gasteiger partial charge in [-0.3, -0.25) is 9.59 Å². The van der Waals surface area contributed by atoms with Gasteiger partial charge in [-0.1, -0.05) is 27.7 Å². The number of rotatable bonds is 9. The standard InChI is InChI=1S/C14H28N2O3/c1-9(2)11(5-6-12(17)18)7-8-16-14(19)13(15)10(3)4/h9-11,13H,5-8,15H2,1-4H3,(H,16,19)(H,17,18). The topological polar surface area (TPSA) is 92.4 Å². The van der Waals surface area contributed by atoms with Gasteiger partial charge in [-0.15, -0.1) is 0 Å². The van der Waals surface area contributed by atoms with Gasteiger partial charge in [0.05, 0.1) is 6.04 Å². The van der Waals surface area contributed by atoms with Crippen LogP contribution >= 0.6 is 0 Å². The zero-order chi connectivity index (χ0) is 15.0. The Morgan fingerprint density at radius 2 is 1.68 bits per heavy atom.